The molecule has 3 saturated heterocycles. The van der Waals surface area contributed by atoms with Crippen molar-refractivity contribution in [2.45, 2.75) is 126 Å². The number of quaternary nitrogens is 1. The number of morpholine rings is 1. The average molecular weight is 733 g/mol. The lowest BCUT2D eigenvalue weighted by Crippen LogP contribution is -2.64. The molecule has 9 rings (SSSR count). The molecule has 4 aliphatic carbocycles. The molecule has 2 unspecified atom stereocenters. The smallest absolute Gasteiger partial charge is 0.362 e. The molecule has 4 saturated carbocycles. The highest BCUT2D eigenvalue weighted by molar-refractivity contribution is 5.85. The highest BCUT2D eigenvalue weighted by Crippen LogP contribution is 2.69. The third-order valence-electron chi connectivity index (χ3n) is 16.3. The molecule has 53 heavy (non-hydrogen) atoms. The lowest BCUT2D eigenvalue weighted by atomic mass is 9.43. The Morgan fingerprint density at radius 1 is 0.962 bits per heavy atom. The number of esters is 3. The molecule has 2 bridgehead atoms. The molecular formula is C42H54NO10+. The van der Waals surface area contributed by atoms with E-state index in [9.17, 15) is 29.4 Å². The first kappa shape index (κ1) is 35.6. The van der Waals surface area contributed by atoms with E-state index in [0.29, 0.717) is 49.6 Å². The number of benzene rings is 1. The van der Waals surface area contributed by atoms with Gasteiger partial charge in [0.05, 0.1) is 19.3 Å². The predicted molar refractivity (Wildman–Crippen MR) is 189 cm³/mol. The number of carbonyl (C=O) groups is 4. The van der Waals surface area contributed by atoms with Gasteiger partial charge in [-0.05, 0) is 92.6 Å². The van der Waals surface area contributed by atoms with Crippen LogP contribution in [-0.4, -0.2) is 108 Å². The summed E-state index contributed by atoms with van der Waals surface area (Å²) in [6.07, 6.45) is 10.3. The van der Waals surface area contributed by atoms with Crippen LogP contribution < -0.4 is 0 Å². The van der Waals surface area contributed by atoms with E-state index in [2.05, 4.69) is 14.0 Å². The van der Waals surface area contributed by atoms with Gasteiger partial charge in [-0.25, -0.2) is 9.59 Å². The molecule has 8 aliphatic rings. The number of cyclic esters (lactones) is 1. The zero-order valence-electron chi connectivity index (χ0n) is 30.9. The maximum atomic E-state index is 13.7. The molecule has 0 spiro atoms. The van der Waals surface area contributed by atoms with Crippen molar-refractivity contribution in [3.63, 3.8) is 0 Å². The molecule has 11 nitrogen and oxygen atoms in total. The summed E-state index contributed by atoms with van der Waals surface area (Å²) in [6, 6.07) is 9.21. The number of aliphatic hydroxyl groups is 2. The number of aldehydes is 1. The van der Waals surface area contributed by atoms with E-state index in [1.54, 1.807) is 6.08 Å². The van der Waals surface area contributed by atoms with Gasteiger partial charge < -0.3 is 38.4 Å². The Kier molecular flexibility index (Phi) is 8.53. The summed E-state index contributed by atoms with van der Waals surface area (Å²) >= 11 is 0. The van der Waals surface area contributed by atoms with Crippen molar-refractivity contribution in [1.29, 1.82) is 0 Å². The van der Waals surface area contributed by atoms with Gasteiger partial charge in [0, 0.05) is 29.7 Å². The molecule has 2 N–H and O–H groups in total. The largest absolute Gasteiger partial charge is 0.461 e. The molecule has 11 heteroatoms. The Balaban J connectivity index is 0.830. The molecule has 7 fully saturated rings. The number of nitrogens with zero attached hydrogens (tertiary/aromatic N) is 1. The van der Waals surface area contributed by atoms with Crippen LogP contribution >= 0.6 is 0 Å². The minimum atomic E-state index is -0.895. The van der Waals surface area contributed by atoms with E-state index < -0.39 is 22.9 Å². The number of hydrogen-bond donors (Lipinski definition) is 2. The van der Waals surface area contributed by atoms with Gasteiger partial charge in [0.15, 0.2) is 6.54 Å². The summed E-state index contributed by atoms with van der Waals surface area (Å²) in [5.74, 6) is -1.36. The van der Waals surface area contributed by atoms with Crippen LogP contribution in [-0.2, 0) is 38.1 Å². The van der Waals surface area contributed by atoms with Gasteiger partial charge in [-0.2, -0.15) is 0 Å². The fourth-order valence-corrected chi connectivity index (χ4v) is 13.5. The van der Waals surface area contributed by atoms with E-state index in [0.717, 1.165) is 43.2 Å². The van der Waals surface area contributed by atoms with Crippen molar-refractivity contribution in [1.82, 2.24) is 0 Å². The van der Waals surface area contributed by atoms with E-state index in [1.165, 1.54) is 6.29 Å². The zero-order chi connectivity index (χ0) is 36.9. The highest BCUT2D eigenvalue weighted by atomic mass is 16.6. The van der Waals surface area contributed by atoms with Gasteiger partial charge in [0.25, 0.3) is 0 Å². The van der Waals surface area contributed by atoms with Crippen LogP contribution in [0.1, 0.15) is 89.0 Å². The van der Waals surface area contributed by atoms with E-state index in [1.807, 2.05) is 30.3 Å². The molecule has 286 valence electrons. The van der Waals surface area contributed by atoms with Gasteiger partial charge in [-0.1, -0.05) is 37.3 Å². The summed E-state index contributed by atoms with van der Waals surface area (Å²) in [6.45, 7) is 2.41. The van der Waals surface area contributed by atoms with Crippen LogP contribution in [0.4, 0.5) is 0 Å². The first-order valence-electron chi connectivity index (χ1n) is 20.1. The molecule has 1 aromatic rings. The minimum absolute atomic E-state index is 0.00805. The second-order valence-electron chi connectivity index (χ2n) is 18.3. The van der Waals surface area contributed by atoms with E-state index in [4.69, 9.17) is 18.9 Å². The average Bonchev–Trinajstić information content (AvgIpc) is 3.69. The number of carbonyl (C=O) groups excluding carboxylic acids is 4. The van der Waals surface area contributed by atoms with Crippen molar-refractivity contribution < 1.29 is 52.8 Å². The van der Waals surface area contributed by atoms with Crippen molar-refractivity contribution in [3.8, 4) is 0 Å². The van der Waals surface area contributed by atoms with Gasteiger partial charge in [0.1, 0.15) is 55.3 Å². The molecule has 1 aromatic carbocycles. The normalized spacial score (nSPS) is 46.8. The van der Waals surface area contributed by atoms with Crippen molar-refractivity contribution in [2.24, 2.45) is 34.5 Å². The third-order valence-corrected chi connectivity index (χ3v) is 16.3. The van der Waals surface area contributed by atoms with Crippen LogP contribution in [0.15, 0.2) is 42.0 Å². The Labute approximate surface area is 310 Å². The Hall–Kier alpha value is -3.12. The second kappa shape index (κ2) is 12.7. The predicted octanol–water partition coefficient (Wildman–Crippen LogP) is 3.78. The summed E-state index contributed by atoms with van der Waals surface area (Å²) in [5.41, 5.74) is -0.0540. The van der Waals surface area contributed by atoms with Crippen LogP contribution in [0.5, 0.6) is 0 Å². The number of ether oxygens (including phenoxy) is 4. The SMILES string of the molecule is C[C@]12CC[C@H]3[C@@H](CC[C@@H]4C[C@@H](OC(=O)C[N+]5(C)[C@@H]6CC(OC(=O)[C@@H](CO)c7ccccc7)C[C@H]5[C@@H]5O[C@H]56)CC[C@@]43C=O)[C@@]1(O)CC[C@@H]2C1=CC(=O)OC1. The number of aliphatic hydroxyl groups excluding tert-OH is 1. The van der Waals surface area contributed by atoms with E-state index in [-0.39, 0.29) is 90.7 Å². The van der Waals surface area contributed by atoms with Crippen LogP contribution in [0.2, 0.25) is 0 Å². The van der Waals surface area contributed by atoms with Gasteiger partial charge in [-0.15, -0.1) is 0 Å². The summed E-state index contributed by atoms with van der Waals surface area (Å²) in [5, 5.41) is 22.5. The summed E-state index contributed by atoms with van der Waals surface area (Å²) in [4.78, 5) is 52.0. The number of rotatable bonds is 9. The first-order chi connectivity index (χ1) is 25.4. The zero-order valence-corrected chi connectivity index (χ0v) is 30.9. The van der Waals surface area contributed by atoms with Crippen molar-refractivity contribution in [2.75, 3.05) is 26.8 Å². The molecule has 4 heterocycles. The van der Waals surface area contributed by atoms with Gasteiger partial charge in [0.2, 0.25) is 0 Å². The lowest BCUT2D eigenvalue weighted by Gasteiger charge is -2.63. The van der Waals surface area contributed by atoms with Crippen LogP contribution in [0.25, 0.3) is 0 Å². The Morgan fingerprint density at radius 3 is 2.40 bits per heavy atom. The molecule has 0 amide bonds. The number of piperidine rings is 1. The number of fused-ring (bicyclic) bond motifs is 10. The third kappa shape index (κ3) is 5.34. The molecule has 4 aliphatic heterocycles. The molecule has 0 radical (unpaired) electrons. The fourth-order valence-electron chi connectivity index (χ4n) is 13.5. The number of likely N-dealkylation sites (N-methyl/N-ethyl adjacent to an activating group) is 1. The number of epoxide rings is 1. The lowest BCUT2D eigenvalue weighted by molar-refractivity contribution is -0.949. The Morgan fingerprint density at radius 2 is 1.72 bits per heavy atom. The monoisotopic (exact) mass is 732 g/mol. The fraction of sp³-hybridized carbons (Fsp3) is 0.714. The minimum Gasteiger partial charge on any atom is -0.461 e. The van der Waals surface area contributed by atoms with E-state index >= 15 is 0 Å². The van der Waals surface area contributed by atoms with Crippen LogP contribution in [0.3, 0.4) is 0 Å². The van der Waals surface area contributed by atoms with Gasteiger partial charge in [-0.3, -0.25) is 4.79 Å². The number of hydrogen-bond acceptors (Lipinski definition) is 10. The quantitative estimate of drug-likeness (QED) is 0.126. The summed E-state index contributed by atoms with van der Waals surface area (Å²) < 4.78 is 24.1. The maximum Gasteiger partial charge on any atom is 0.362 e. The first-order valence-corrected chi connectivity index (χ1v) is 20.1. The van der Waals surface area contributed by atoms with Crippen molar-refractivity contribution in [3.05, 3.63) is 47.5 Å². The van der Waals surface area contributed by atoms with Crippen LogP contribution in [0, 0.1) is 34.5 Å². The van der Waals surface area contributed by atoms with Crippen molar-refractivity contribution >= 4 is 24.2 Å². The molecular weight excluding hydrogens is 678 g/mol. The maximum absolute atomic E-state index is 13.7. The molecule has 0 aromatic heterocycles. The topological polar surface area (TPSA) is 149 Å². The standard InChI is InChI=1S/C42H54NO10/c1-40-13-11-31-32(42(40,49)15-12-30(40)25-16-35(46)50-22-25)9-8-26-17-27(10-14-41(26,31)23-45)51-36(47)20-43(2)33-18-28(19-34(43)38-37(33)53-38)52-39(48)29(21-44)24-6-4-3-5-7-24/h3-7,16,23,26-34,37-38,44,49H,8-15,17-22H2,1-2H3/q+1/t26-,27+,28?,29+,30-,31+,32-,33-,34+,37+,38+,40-,41-,42+,43?/m1/s1. The molecule has 15 atom stereocenters. The Bertz CT molecular complexity index is 1680. The second-order valence-corrected chi connectivity index (χ2v) is 18.3. The summed E-state index contributed by atoms with van der Waals surface area (Å²) in [7, 11) is 2.10. The van der Waals surface area contributed by atoms with Gasteiger partial charge >= 0.3 is 17.9 Å². The highest BCUT2D eigenvalue weighted by Gasteiger charge is 2.73.